The zero-order chi connectivity index (χ0) is 38.7. The number of ketones is 2. The second-order valence-electron chi connectivity index (χ2n) is 12.1. The van der Waals surface area contributed by atoms with Crippen molar-refractivity contribution >= 4 is 53.4 Å². The van der Waals surface area contributed by atoms with Crippen LogP contribution in [0.3, 0.4) is 0 Å². The maximum absolute atomic E-state index is 13.3. The minimum Gasteiger partial charge on any atom is -0.508 e. The fourth-order valence-electron chi connectivity index (χ4n) is 4.77. The van der Waals surface area contributed by atoms with Crippen LogP contribution in [0.4, 0.5) is 0 Å². The van der Waals surface area contributed by atoms with E-state index < -0.39 is 77.6 Å². The van der Waals surface area contributed by atoms with Gasteiger partial charge in [-0.2, -0.15) is 0 Å². The first kappa shape index (κ1) is 43.4. The lowest BCUT2D eigenvalue weighted by Gasteiger charge is -2.27. The number of carbonyl (C=O) groups is 9. The van der Waals surface area contributed by atoms with Gasteiger partial charge in [-0.25, -0.2) is 0 Å². The van der Waals surface area contributed by atoms with E-state index in [1.165, 1.54) is 12.1 Å². The van der Waals surface area contributed by atoms with E-state index in [0.717, 1.165) is 12.5 Å². The molecule has 10 N–H and O–H groups in total. The zero-order valence-electron chi connectivity index (χ0n) is 29.1. The molecule has 0 heterocycles. The molecule has 280 valence electrons. The number of benzene rings is 1. The summed E-state index contributed by atoms with van der Waals surface area (Å²) in [5, 5.41) is 21.6. The average molecular weight is 716 g/mol. The molecule has 51 heavy (non-hydrogen) atoms. The van der Waals surface area contributed by atoms with E-state index in [4.69, 9.17) is 11.5 Å². The number of carbonyl (C=O) groups excluding carboxylic acids is 9. The largest absolute Gasteiger partial charge is 0.508 e. The van der Waals surface area contributed by atoms with Gasteiger partial charge >= 0.3 is 0 Å². The maximum Gasteiger partial charge on any atom is 0.243 e. The van der Waals surface area contributed by atoms with E-state index in [1.54, 1.807) is 26.0 Å². The summed E-state index contributed by atoms with van der Waals surface area (Å²) in [6, 6.07) is 1.15. The highest BCUT2D eigenvalue weighted by Crippen LogP contribution is 2.12. The quantitative estimate of drug-likeness (QED) is 0.0437. The van der Waals surface area contributed by atoms with E-state index in [9.17, 15) is 48.3 Å². The van der Waals surface area contributed by atoms with Crippen LogP contribution in [0.2, 0.25) is 0 Å². The molecule has 7 amide bonds. The normalized spacial score (nSPS) is 13.5. The van der Waals surface area contributed by atoms with Crippen LogP contribution in [-0.2, 0) is 49.6 Å². The van der Waals surface area contributed by atoms with Gasteiger partial charge in [0.2, 0.25) is 41.9 Å². The number of hydrogen-bond acceptors (Lipinski definition) is 10. The van der Waals surface area contributed by atoms with Crippen LogP contribution in [0.5, 0.6) is 5.75 Å². The molecule has 0 aromatic heterocycles. The molecule has 1 aromatic rings. The average Bonchev–Trinajstić information content (AvgIpc) is 3.06. The number of hydrogen-bond donors (Lipinski definition) is 8. The number of Topliss-reactive ketones (excluding diaryl/α,β-unsaturated/α-hetero) is 2. The Morgan fingerprint density at radius 2 is 1.41 bits per heavy atom. The molecular weight excluding hydrogens is 666 g/mol. The predicted octanol–water partition coefficient (Wildman–Crippen LogP) is -1.31. The van der Waals surface area contributed by atoms with Crippen LogP contribution in [0.15, 0.2) is 36.4 Å². The van der Waals surface area contributed by atoms with Gasteiger partial charge in [0.15, 0.2) is 11.6 Å². The van der Waals surface area contributed by atoms with Crippen molar-refractivity contribution in [3.8, 4) is 5.75 Å². The Labute approximate surface area is 296 Å². The standard InChI is InChI=1S/C34H49N7O10/c1-5-19(2)31(38-18-42)34(51)40-25(11-13-28(35)46)32(49)41-26(17-29(36)47)33(50)39-24(21(4)43)10-12-27(45)20(3)16-30(48)37-15-14-22-6-8-23(44)9-7-22/h6-9,18-19,24-26,31,44H,3,5,10-17H2,1-2,4H3,(H2,35,46)(H2,36,47)(H,37,48)(H,38,42)(H,39,50)(H,40,51)(H,41,49). The van der Waals surface area contributed by atoms with Crippen LogP contribution >= 0.6 is 0 Å². The number of amides is 7. The lowest BCUT2D eigenvalue weighted by atomic mass is 9.97. The third-order valence-corrected chi connectivity index (χ3v) is 8.00. The number of primary amides is 2. The first-order chi connectivity index (χ1) is 24.0. The van der Waals surface area contributed by atoms with Crippen LogP contribution in [0.1, 0.15) is 71.3 Å². The van der Waals surface area contributed by atoms with Crippen LogP contribution in [0.25, 0.3) is 0 Å². The molecule has 5 unspecified atom stereocenters. The fourth-order valence-corrected chi connectivity index (χ4v) is 4.77. The van der Waals surface area contributed by atoms with Gasteiger partial charge in [-0.3, -0.25) is 43.2 Å². The van der Waals surface area contributed by atoms with E-state index >= 15 is 0 Å². The Bertz CT molecular complexity index is 1450. The van der Waals surface area contributed by atoms with Gasteiger partial charge in [0.1, 0.15) is 23.9 Å². The number of nitrogens with two attached hydrogens (primary N) is 2. The summed E-state index contributed by atoms with van der Waals surface area (Å²) < 4.78 is 0. The Kier molecular flexibility index (Phi) is 18.9. The number of phenols is 1. The summed E-state index contributed by atoms with van der Waals surface area (Å²) in [4.78, 5) is 111. The molecule has 5 atom stereocenters. The third-order valence-electron chi connectivity index (χ3n) is 8.00. The molecule has 0 aliphatic heterocycles. The first-order valence-corrected chi connectivity index (χ1v) is 16.4. The van der Waals surface area contributed by atoms with Gasteiger partial charge in [0.25, 0.3) is 0 Å². The highest BCUT2D eigenvalue weighted by Gasteiger charge is 2.32. The van der Waals surface area contributed by atoms with Gasteiger partial charge in [0, 0.05) is 19.4 Å². The summed E-state index contributed by atoms with van der Waals surface area (Å²) in [6.07, 6.45) is -0.791. The van der Waals surface area contributed by atoms with Gasteiger partial charge in [-0.15, -0.1) is 0 Å². The van der Waals surface area contributed by atoms with Crippen LogP contribution in [-0.4, -0.2) is 89.2 Å². The topological polar surface area (TPSA) is 286 Å². The summed E-state index contributed by atoms with van der Waals surface area (Å²) >= 11 is 0. The molecule has 0 fully saturated rings. The van der Waals surface area contributed by atoms with Crippen molar-refractivity contribution in [1.29, 1.82) is 0 Å². The van der Waals surface area contributed by atoms with Gasteiger partial charge < -0.3 is 43.2 Å². The summed E-state index contributed by atoms with van der Waals surface area (Å²) in [5.74, 6) is -6.25. The van der Waals surface area contributed by atoms with Gasteiger partial charge in [0.05, 0.1) is 18.9 Å². The first-order valence-electron chi connectivity index (χ1n) is 16.4. The molecule has 0 saturated heterocycles. The van der Waals surface area contributed by atoms with Crippen LogP contribution in [0, 0.1) is 5.92 Å². The highest BCUT2D eigenvalue weighted by atomic mass is 16.3. The third kappa shape index (κ3) is 16.6. The summed E-state index contributed by atoms with van der Waals surface area (Å²) in [7, 11) is 0. The van der Waals surface area contributed by atoms with Crippen LogP contribution < -0.4 is 38.1 Å². The molecule has 0 spiro atoms. The van der Waals surface area contributed by atoms with Crippen molar-refractivity contribution in [2.24, 2.45) is 17.4 Å². The van der Waals surface area contributed by atoms with Crippen molar-refractivity contribution in [2.75, 3.05) is 6.54 Å². The summed E-state index contributed by atoms with van der Waals surface area (Å²) in [5.41, 5.74) is 11.4. The molecule has 0 aliphatic rings. The fraction of sp³-hybridized carbons (Fsp3) is 0.500. The highest BCUT2D eigenvalue weighted by molar-refractivity contribution is 6.00. The Morgan fingerprint density at radius 3 is 1.96 bits per heavy atom. The zero-order valence-corrected chi connectivity index (χ0v) is 29.1. The minimum atomic E-state index is -1.63. The van der Waals surface area contributed by atoms with E-state index in [-0.39, 0.29) is 55.9 Å². The second kappa shape index (κ2) is 22.2. The van der Waals surface area contributed by atoms with E-state index in [1.807, 2.05) is 0 Å². The number of phenolic OH excluding ortho intramolecular Hbond substituents is 1. The lowest BCUT2D eigenvalue weighted by Crippen LogP contribution is -2.58. The van der Waals surface area contributed by atoms with Crippen molar-refractivity contribution < 1.29 is 48.3 Å². The molecular formula is C34H49N7O10. The lowest BCUT2D eigenvalue weighted by molar-refractivity contribution is -0.135. The van der Waals surface area contributed by atoms with Gasteiger partial charge in [-0.05, 0) is 55.4 Å². The molecule has 17 nitrogen and oxygen atoms in total. The van der Waals surface area contributed by atoms with Crippen molar-refractivity contribution in [1.82, 2.24) is 26.6 Å². The van der Waals surface area contributed by atoms with Gasteiger partial charge in [-0.1, -0.05) is 39.0 Å². The molecule has 0 saturated carbocycles. The number of aromatic hydroxyl groups is 1. The molecule has 0 radical (unpaired) electrons. The SMILES string of the molecule is C=C(CC(=O)NCCc1ccc(O)cc1)C(=O)CCC(NC(=O)C(CC(N)=O)NC(=O)C(CCC(N)=O)NC(=O)C(NC=O)C(C)CC)C(C)=O. The Balaban J connectivity index is 2.90. The Morgan fingerprint density at radius 1 is 0.843 bits per heavy atom. The van der Waals surface area contributed by atoms with E-state index in [2.05, 4.69) is 33.2 Å². The summed E-state index contributed by atoms with van der Waals surface area (Å²) in [6.45, 7) is 8.57. The number of rotatable bonds is 25. The predicted molar refractivity (Wildman–Crippen MR) is 184 cm³/mol. The Hall–Kier alpha value is -5.61. The van der Waals surface area contributed by atoms with Crippen molar-refractivity contribution in [2.45, 2.75) is 96.3 Å². The number of nitrogens with one attached hydrogen (secondary N) is 5. The molecule has 1 aromatic carbocycles. The van der Waals surface area contributed by atoms with E-state index in [0.29, 0.717) is 19.3 Å². The maximum atomic E-state index is 13.3. The smallest absolute Gasteiger partial charge is 0.243 e. The minimum absolute atomic E-state index is 0.0207. The molecule has 17 heteroatoms. The van der Waals surface area contributed by atoms with Crippen molar-refractivity contribution in [3.05, 3.63) is 42.0 Å². The second-order valence-corrected chi connectivity index (χ2v) is 12.1. The van der Waals surface area contributed by atoms with Crippen molar-refractivity contribution in [3.63, 3.8) is 0 Å². The molecule has 0 bridgehead atoms. The monoisotopic (exact) mass is 715 g/mol. The molecule has 0 aliphatic carbocycles. The molecule has 1 rings (SSSR count).